The summed E-state index contributed by atoms with van der Waals surface area (Å²) in [5.41, 5.74) is 0. The molecule has 1 aromatic rings. The molecule has 0 aliphatic heterocycles. The van der Waals surface area contributed by atoms with E-state index in [9.17, 15) is 4.21 Å². The zero-order valence-electron chi connectivity index (χ0n) is 6.69. The van der Waals surface area contributed by atoms with Crippen LogP contribution in [0.15, 0.2) is 29.2 Å². The van der Waals surface area contributed by atoms with Crippen LogP contribution in [0.4, 0.5) is 0 Å². The van der Waals surface area contributed by atoms with Crippen molar-refractivity contribution in [3.8, 4) is 5.75 Å². The van der Waals surface area contributed by atoms with Crippen molar-refractivity contribution in [3.63, 3.8) is 0 Å². The molecular formula is C8H10O3S. The molecule has 0 bridgehead atoms. The van der Waals surface area contributed by atoms with Gasteiger partial charge in [-0.25, -0.2) is 4.21 Å². The summed E-state index contributed by atoms with van der Waals surface area (Å²) in [7, 11) is 0. The van der Waals surface area contributed by atoms with Crippen LogP contribution in [0.5, 0.6) is 5.75 Å². The van der Waals surface area contributed by atoms with Gasteiger partial charge in [-0.15, -0.1) is 0 Å². The number of hydrogen-bond donors (Lipinski definition) is 1. The maximum Gasteiger partial charge on any atom is 0.190 e. The van der Waals surface area contributed by atoms with Crippen molar-refractivity contribution in [2.45, 2.75) is 11.8 Å². The molecule has 1 aromatic carbocycles. The third-order valence-corrected chi connectivity index (χ3v) is 2.05. The summed E-state index contributed by atoms with van der Waals surface area (Å²) in [6, 6.07) is 6.71. The third-order valence-electron chi connectivity index (χ3n) is 1.34. The first kappa shape index (κ1) is 9.22. The smallest absolute Gasteiger partial charge is 0.190 e. The number of ether oxygens (including phenoxy) is 1. The van der Waals surface area contributed by atoms with Gasteiger partial charge in [0.05, 0.1) is 6.61 Å². The summed E-state index contributed by atoms with van der Waals surface area (Å²) in [6.45, 7) is 2.32. The largest absolute Gasteiger partial charge is 0.493 e. The molecule has 4 heteroatoms. The van der Waals surface area contributed by atoms with Crippen molar-refractivity contribution in [1.82, 2.24) is 0 Å². The van der Waals surface area contributed by atoms with E-state index in [1.807, 2.05) is 6.92 Å². The minimum absolute atomic E-state index is 0.319. The molecule has 0 heterocycles. The highest BCUT2D eigenvalue weighted by molar-refractivity contribution is 7.79. The number of para-hydroxylation sites is 1. The van der Waals surface area contributed by atoms with Gasteiger partial charge in [0.2, 0.25) is 0 Å². The molecule has 12 heavy (non-hydrogen) atoms. The van der Waals surface area contributed by atoms with Crippen molar-refractivity contribution >= 4 is 11.1 Å². The summed E-state index contributed by atoms with van der Waals surface area (Å²) >= 11 is -1.97. The first-order chi connectivity index (χ1) is 5.75. The summed E-state index contributed by atoms with van der Waals surface area (Å²) in [5, 5.41) is 0. The molecule has 1 atom stereocenters. The van der Waals surface area contributed by atoms with Gasteiger partial charge < -0.3 is 9.29 Å². The molecule has 1 rings (SSSR count). The highest BCUT2D eigenvalue weighted by Crippen LogP contribution is 2.20. The molecule has 3 nitrogen and oxygen atoms in total. The fourth-order valence-electron chi connectivity index (χ4n) is 0.869. The zero-order chi connectivity index (χ0) is 8.97. The normalized spacial score (nSPS) is 12.5. The minimum Gasteiger partial charge on any atom is -0.493 e. The van der Waals surface area contributed by atoms with E-state index < -0.39 is 11.1 Å². The lowest BCUT2D eigenvalue weighted by atomic mass is 10.3. The monoisotopic (exact) mass is 186 g/mol. The number of benzene rings is 1. The van der Waals surface area contributed by atoms with Crippen molar-refractivity contribution in [2.75, 3.05) is 6.61 Å². The molecule has 0 spiro atoms. The molecule has 0 radical (unpaired) electrons. The topological polar surface area (TPSA) is 46.5 Å². The number of rotatable bonds is 3. The van der Waals surface area contributed by atoms with E-state index in [-0.39, 0.29) is 0 Å². The molecule has 0 fully saturated rings. The molecule has 66 valence electrons. The average molecular weight is 186 g/mol. The van der Waals surface area contributed by atoms with Crippen LogP contribution in [-0.4, -0.2) is 15.4 Å². The van der Waals surface area contributed by atoms with Crippen molar-refractivity contribution in [2.24, 2.45) is 0 Å². The summed E-state index contributed by atoms with van der Waals surface area (Å²) in [6.07, 6.45) is 0. The van der Waals surface area contributed by atoms with Gasteiger partial charge in [0, 0.05) is 0 Å². The lowest BCUT2D eigenvalue weighted by Crippen LogP contribution is -1.97. The molecule has 0 saturated carbocycles. The van der Waals surface area contributed by atoms with Crippen LogP contribution in [0.2, 0.25) is 0 Å². The Morgan fingerprint density at radius 2 is 2.17 bits per heavy atom. The van der Waals surface area contributed by atoms with E-state index in [4.69, 9.17) is 9.29 Å². The predicted octanol–water partition coefficient (Wildman–Crippen LogP) is 1.67. The molecule has 1 unspecified atom stereocenters. The number of hydrogen-bond acceptors (Lipinski definition) is 2. The van der Waals surface area contributed by atoms with Gasteiger partial charge in [0.25, 0.3) is 0 Å². The Bertz CT molecular complexity index is 285. The quantitative estimate of drug-likeness (QED) is 0.730. The Labute approximate surface area is 73.7 Å². The van der Waals surface area contributed by atoms with E-state index in [2.05, 4.69) is 0 Å². The predicted molar refractivity (Wildman–Crippen MR) is 46.6 cm³/mol. The van der Waals surface area contributed by atoms with E-state index in [0.717, 1.165) is 0 Å². The van der Waals surface area contributed by atoms with Gasteiger partial charge in [0.15, 0.2) is 11.1 Å². The second-order valence-electron chi connectivity index (χ2n) is 2.13. The van der Waals surface area contributed by atoms with Gasteiger partial charge in [-0.3, -0.25) is 0 Å². The lowest BCUT2D eigenvalue weighted by Gasteiger charge is -2.05. The fourth-order valence-corrected chi connectivity index (χ4v) is 1.36. The van der Waals surface area contributed by atoms with Crippen LogP contribution in [0.25, 0.3) is 0 Å². The first-order valence-electron chi connectivity index (χ1n) is 3.58. The summed E-state index contributed by atoms with van der Waals surface area (Å²) in [5.74, 6) is 0.473. The molecule has 0 aliphatic carbocycles. The molecule has 0 amide bonds. The summed E-state index contributed by atoms with van der Waals surface area (Å²) < 4.78 is 24.7. The molecular weight excluding hydrogens is 176 g/mol. The van der Waals surface area contributed by atoms with Crippen LogP contribution in [0, 0.1) is 0 Å². The van der Waals surface area contributed by atoms with Gasteiger partial charge in [-0.05, 0) is 19.1 Å². The van der Waals surface area contributed by atoms with Crippen LogP contribution >= 0.6 is 0 Å². The van der Waals surface area contributed by atoms with Gasteiger partial charge in [0.1, 0.15) is 10.6 Å². The van der Waals surface area contributed by atoms with Crippen LogP contribution < -0.4 is 4.74 Å². The Morgan fingerprint density at radius 1 is 1.50 bits per heavy atom. The van der Waals surface area contributed by atoms with E-state index in [0.29, 0.717) is 17.3 Å². The maximum atomic E-state index is 10.7. The molecule has 0 aliphatic rings. The molecule has 0 aromatic heterocycles. The maximum absolute atomic E-state index is 10.7. The van der Waals surface area contributed by atoms with Gasteiger partial charge >= 0.3 is 0 Å². The Morgan fingerprint density at radius 3 is 2.75 bits per heavy atom. The summed E-state index contributed by atoms with van der Waals surface area (Å²) in [4.78, 5) is 0.319. The SMILES string of the molecule is CCOc1ccccc1S(=O)O. The minimum atomic E-state index is -1.97. The lowest BCUT2D eigenvalue weighted by molar-refractivity contribution is 0.331. The van der Waals surface area contributed by atoms with Gasteiger partial charge in [-0.1, -0.05) is 12.1 Å². The molecule has 0 saturated heterocycles. The highest BCUT2D eigenvalue weighted by Gasteiger charge is 2.06. The average Bonchev–Trinajstić information content (AvgIpc) is 2.05. The van der Waals surface area contributed by atoms with Crippen molar-refractivity contribution in [3.05, 3.63) is 24.3 Å². The van der Waals surface area contributed by atoms with E-state index >= 15 is 0 Å². The Kier molecular flexibility index (Phi) is 3.25. The third kappa shape index (κ3) is 2.06. The van der Waals surface area contributed by atoms with Crippen molar-refractivity contribution < 1.29 is 13.5 Å². The van der Waals surface area contributed by atoms with E-state index in [1.54, 1.807) is 24.3 Å². The van der Waals surface area contributed by atoms with Crippen LogP contribution in [-0.2, 0) is 11.1 Å². The Hall–Kier alpha value is -0.870. The zero-order valence-corrected chi connectivity index (χ0v) is 7.50. The second kappa shape index (κ2) is 4.23. The van der Waals surface area contributed by atoms with E-state index in [1.165, 1.54) is 0 Å². The highest BCUT2D eigenvalue weighted by atomic mass is 32.2. The molecule has 1 N–H and O–H groups in total. The fraction of sp³-hybridized carbons (Fsp3) is 0.250. The van der Waals surface area contributed by atoms with Crippen molar-refractivity contribution in [1.29, 1.82) is 0 Å². The standard InChI is InChI=1S/C8H10O3S/c1-2-11-7-5-3-4-6-8(7)12(9)10/h3-6H,2H2,1H3,(H,9,10). The van der Waals surface area contributed by atoms with Gasteiger partial charge in [-0.2, -0.15) is 0 Å². The van der Waals surface area contributed by atoms with Crippen LogP contribution in [0.3, 0.4) is 0 Å². The first-order valence-corrected chi connectivity index (χ1v) is 4.69. The van der Waals surface area contributed by atoms with Crippen LogP contribution in [0.1, 0.15) is 6.92 Å². The Balaban J connectivity index is 3.00. The second-order valence-corrected chi connectivity index (χ2v) is 3.07.